The average molecular weight is 434 g/mol. The van der Waals surface area contributed by atoms with Crippen molar-refractivity contribution in [2.45, 2.75) is 12.2 Å². The third-order valence-corrected chi connectivity index (χ3v) is 5.53. The summed E-state index contributed by atoms with van der Waals surface area (Å²) in [5.74, 6) is 0.108. The molecule has 4 rings (SSSR count). The minimum Gasteiger partial charge on any atom is -0.497 e. The molecule has 1 aliphatic rings. The number of hydrogen-bond donors (Lipinski definition) is 2. The standard InChI is InChI=1S/C21H21F3N4O3/c1-31-14-3-4-17-15(10-14)16(12-25-17)19(20(29)30)28-8-6-27(7-9-28)18-5-2-13(11-26-18)21(22,23)24/h2-5,10-12,19,25H,6-9H2,1H3,(H,29,30)/t19-/m1/s1. The van der Waals surface area contributed by atoms with Crippen molar-refractivity contribution in [3.8, 4) is 5.75 Å². The average Bonchev–Trinajstić information content (AvgIpc) is 3.16. The second-order valence-corrected chi connectivity index (χ2v) is 7.32. The molecule has 0 amide bonds. The Hall–Kier alpha value is -3.27. The zero-order valence-corrected chi connectivity index (χ0v) is 16.7. The Balaban J connectivity index is 1.52. The monoisotopic (exact) mass is 434 g/mol. The van der Waals surface area contributed by atoms with Crippen molar-refractivity contribution >= 4 is 22.7 Å². The number of ether oxygens (including phenoxy) is 1. The van der Waals surface area contributed by atoms with E-state index < -0.39 is 23.8 Å². The van der Waals surface area contributed by atoms with Gasteiger partial charge in [-0.15, -0.1) is 0 Å². The molecule has 164 valence electrons. The van der Waals surface area contributed by atoms with Gasteiger partial charge in [0.25, 0.3) is 0 Å². The van der Waals surface area contributed by atoms with Crippen LogP contribution in [0.4, 0.5) is 19.0 Å². The van der Waals surface area contributed by atoms with Gasteiger partial charge >= 0.3 is 12.1 Å². The molecular formula is C21H21F3N4O3. The highest BCUT2D eigenvalue weighted by Gasteiger charge is 2.33. The second-order valence-electron chi connectivity index (χ2n) is 7.32. The Kier molecular flexibility index (Phi) is 5.48. The van der Waals surface area contributed by atoms with E-state index in [0.29, 0.717) is 43.3 Å². The van der Waals surface area contributed by atoms with Crippen LogP contribution >= 0.6 is 0 Å². The number of fused-ring (bicyclic) bond motifs is 1. The molecule has 0 spiro atoms. The number of nitrogens with zero attached hydrogens (tertiary/aromatic N) is 3. The molecule has 10 heteroatoms. The highest BCUT2D eigenvalue weighted by atomic mass is 19.4. The summed E-state index contributed by atoms with van der Waals surface area (Å²) in [6.45, 7) is 1.76. The third-order valence-electron chi connectivity index (χ3n) is 5.53. The first-order valence-corrected chi connectivity index (χ1v) is 9.68. The number of aromatic nitrogens is 2. The lowest BCUT2D eigenvalue weighted by Crippen LogP contribution is -2.49. The van der Waals surface area contributed by atoms with Crippen molar-refractivity contribution in [2.24, 2.45) is 0 Å². The number of anilines is 1. The number of carbonyl (C=O) groups is 1. The van der Waals surface area contributed by atoms with Crippen molar-refractivity contribution < 1.29 is 27.8 Å². The lowest BCUT2D eigenvalue weighted by Gasteiger charge is -2.38. The number of rotatable bonds is 5. The largest absolute Gasteiger partial charge is 0.497 e. The summed E-state index contributed by atoms with van der Waals surface area (Å²) in [5, 5.41) is 10.7. The number of benzene rings is 1. The fourth-order valence-corrected chi connectivity index (χ4v) is 3.91. The van der Waals surface area contributed by atoms with Gasteiger partial charge in [0.2, 0.25) is 0 Å². The molecule has 1 fully saturated rings. The van der Waals surface area contributed by atoms with Crippen LogP contribution in [0.1, 0.15) is 17.2 Å². The van der Waals surface area contributed by atoms with Gasteiger partial charge in [-0.1, -0.05) is 0 Å². The molecule has 2 aromatic heterocycles. The number of pyridine rings is 1. The Morgan fingerprint density at radius 3 is 2.52 bits per heavy atom. The van der Waals surface area contributed by atoms with E-state index in [9.17, 15) is 23.1 Å². The maximum absolute atomic E-state index is 12.7. The number of hydrogen-bond acceptors (Lipinski definition) is 5. The fourth-order valence-electron chi connectivity index (χ4n) is 3.91. The number of carboxylic acid groups (broad SMARTS) is 1. The number of nitrogens with one attached hydrogen (secondary N) is 1. The number of alkyl halides is 3. The molecule has 1 aromatic carbocycles. The van der Waals surface area contributed by atoms with Crippen molar-refractivity contribution in [2.75, 3.05) is 38.2 Å². The Morgan fingerprint density at radius 2 is 1.94 bits per heavy atom. The number of carboxylic acids is 1. The maximum Gasteiger partial charge on any atom is 0.417 e. The van der Waals surface area contributed by atoms with Gasteiger partial charge in [0.1, 0.15) is 17.6 Å². The van der Waals surface area contributed by atoms with E-state index in [4.69, 9.17) is 4.74 Å². The molecule has 0 unspecified atom stereocenters. The molecule has 3 heterocycles. The summed E-state index contributed by atoms with van der Waals surface area (Å²) in [7, 11) is 1.55. The molecule has 1 aliphatic heterocycles. The molecule has 0 bridgehead atoms. The van der Waals surface area contributed by atoms with Crippen molar-refractivity contribution in [3.63, 3.8) is 0 Å². The van der Waals surface area contributed by atoms with Gasteiger partial charge in [0, 0.05) is 55.0 Å². The van der Waals surface area contributed by atoms with Crippen molar-refractivity contribution in [3.05, 3.63) is 53.9 Å². The molecular weight excluding hydrogens is 413 g/mol. The first-order chi connectivity index (χ1) is 14.8. The van der Waals surface area contributed by atoms with Crippen molar-refractivity contribution in [1.82, 2.24) is 14.9 Å². The minimum atomic E-state index is -4.43. The molecule has 1 saturated heterocycles. The second kappa shape index (κ2) is 8.10. The van der Waals surface area contributed by atoms with E-state index in [1.807, 2.05) is 15.9 Å². The van der Waals surface area contributed by atoms with E-state index in [2.05, 4.69) is 9.97 Å². The summed E-state index contributed by atoms with van der Waals surface area (Å²) in [4.78, 5) is 22.9. The first-order valence-electron chi connectivity index (χ1n) is 9.68. The van der Waals surface area contributed by atoms with Crippen LogP contribution in [-0.4, -0.2) is 59.2 Å². The number of piperazine rings is 1. The van der Waals surface area contributed by atoms with Crippen LogP contribution in [0.5, 0.6) is 5.75 Å². The Bertz CT molecular complexity index is 1070. The van der Waals surface area contributed by atoms with Gasteiger partial charge in [-0.2, -0.15) is 13.2 Å². The minimum absolute atomic E-state index is 0.427. The molecule has 0 saturated carbocycles. The fraction of sp³-hybridized carbons (Fsp3) is 0.333. The van der Waals surface area contributed by atoms with Crippen LogP contribution in [0, 0.1) is 0 Å². The molecule has 31 heavy (non-hydrogen) atoms. The van der Waals surface area contributed by atoms with Gasteiger partial charge in [0.15, 0.2) is 0 Å². The van der Waals surface area contributed by atoms with Crippen LogP contribution in [0.3, 0.4) is 0 Å². The number of methoxy groups -OCH3 is 1. The zero-order chi connectivity index (χ0) is 22.2. The summed E-state index contributed by atoms with van der Waals surface area (Å²) in [6, 6.07) is 6.94. The number of aromatic amines is 1. The maximum atomic E-state index is 12.7. The van der Waals surface area contributed by atoms with Crippen LogP contribution in [0.25, 0.3) is 10.9 Å². The first kappa shape index (κ1) is 21.0. The molecule has 1 atom stereocenters. The van der Waals surface area contributed by atoms with E-state index in [-0.39, 0.29) is 0 Å². The molecule has 0 radical (unpaired) electrons. The lowest BCUT2D eigenvalue weighted by molar-refractivity contribution is -0.143. The van der Waals surface area contributed by atoms with Gasteiger partial charge in [-0.25, -0.2) is 4.98 Å². The summed E-state index contributed by atoms with van der Waals surface area (Å²) in [5.41, 5.74) is 0.660. The van der Waals surface area contributed by atoms with Crippen LogP contribution < -0.4 is 9.64 Å². The van der Waals surface area contributed by atoms with E-state index in [1.165, 1.54) is 6.07 Å². The van der Waals surface area contributed by atoms with Crippen molar-refractivity contribution in [1.29, 1.82) is 0 Å². The van der Waals surface area contributed by atoms with E-state index in [1.54, 1.807) is 25.4 Å². The number of H-pyrrole nitrogens is 1. The summed E-state index contributed by atoms with van der Waals surface area (Å²) < 4.78 is 43.5. The number of halogens is 3. The third kappa shape index (κ3) is 4.15. The van der Waals surface area contributed by atoms with E-state index in [0.717, 1.165) is 23.2 Å². The van der Waals surface area contributed by atoms with Gasteiger partial charge in [0.05, 0.1) is 12.7 Å². The smallest absolute Gasteiger partial charge is 0.417 e. The predicted octanol–water partition coefficient (Wildman–Crippen LogP) is 3.54. The summed E-state index contributed by atoms with van der Waals surface area (Å²) >= 11 is 0. The summed E-state index contributed by atoms with van der Waals surface area (Å²) in [6.07, 6.45) is -1.91. The van der Waals surface area contributed by atoms with Crippen LogP contribution in [0.15, 0.2) is 42.7 Å². The molecule has 7 nitrogen and oxygen atoms in total. The normalized spacial score (nSPS) is 16.5. The van der Waals surface area contributed by atoms with Gasteiger partial charge in [-0.05, 0) is 30.3 Å². The number of aliphatic carboxylic acids is 1. The lowest BCUT2D eigenvalue weighted by atomic mass is 10.0. The van der Waals surface area contributed by atoms with Gasteiger partial charge in [-0.3, -0.25) is 9.69 Å². The molecule has 0 aliphatic carbocycles. The van der Waals surface area contributed by atoms with Crippen LogP contribution in [0.2, 0.25) is 0 Å². The Morgan fingerprint density at radius 1 is 1.19 bits per heavy atom. The highest BCUT2D eigenvalue weighted by Crippen LogP contribution is 2.33. The SMILES string of the molecule is COc1ccc2[nH]cc([C@H](C(=O)O)N3CCN(c4ccc(C(F)(F)F)cn4)CC3)c2c1. The molecule has 3 aromatic rings. The zero-order valence-electron chi connectivity index (χ0n) is 16.7. The topological polar surface area (TPSA) is 81.7 Å². The van der Waals surface area contributed by atoms with Crippen LogP contribution in [-0.2, 0) is 11.0 Å². The van der Waals surface area contributed by atoms with Gasteiger partial charge < -0.3 is 19.7 Å². The van der Waals surface area contributed by atoms with E-state index >= 15 is 0 Å². The highest BCUT2D eigenvalue weighted by molar-refractivity contribution is 5.90. The molecule has 2 N–H and O–H groups in total. The predicted molar refractivity (Wildman–Crippen MR) is 108 cm³/mol. The quantitative estimate of drug-likeness (QED) is 0.640. The Labute approximate surface area is 176 Å².